The average molecular weight is 410 g/mol. The van der Waals surface area contributed by atoms with Crippen molar-refractivity contribution in [1.82, 2.24) is 19.7 Å². The van der Waals surface area contributed by atoms with E-state index in [2.05, 4.69) is 25.7 Å². The van der Waals surface area contributed by atoms with E-state index in [0.717, 1.165) is 22.9 Å². The Kier molecular flexibility index (Phi) is 6.27. The zero-order chi connectivity index (χ0) is 21.0. The number of aromatic nitrogens is 4. The van der Waals surface area contributed by atoms with Gasteiger partial charge in [0.05, 0.1) is 24.5 Å². The standard InChI is InChI=1S/C18H18F4N6O/c1-10-5-23-18(25-12-6-24-28(7-12)8-16(21)22)27-17(10)26-15(9-29)13-4-11(19)2-3-14(13)20/h2-7,15-16,29H,8-9H2,1H3,(H2,23,25,26,27). The van der Waals surface area contributed by atoms with Crippen molar-refractivity contribution in [2.24, 2.45) is 0 Å². The number of nitrogens with one attached hydrogen (secondary N) is 2. The first-order valence-corrected chi connectivity index (χ1v) is 8.59. The lowest BCUT2D eigenvalue weighted by molar-refractivity contribution is 0.122. The fourth-order valence-corrected chi connectivity index (χ4v) is 2.62. The van der Waals surface area contributed by atoms with Gasteiger partial charge in [-0.05, 0) is 25.1 Å². The minimum absolute atomic E-state index is 0.0479. The van der Waals surface area contributed by atoms with Gasteiger partial charge in [0.2, 0.25) is 5.95 Å². The SMILES string of the molecule is Cc1cnc(Nc2cnn(CC(F)F)c2)nc1NC(CO)c1cc(F)ccc1F. The maximum absolute atomic E-state index is 14.0. The van der Waals surface area contributed by atoms with Gasteiger partial charge in [-0.2, -0.15) is 10.1 Å². The molecule has 1 unspecified atom stereocenters. The van der Waals surface area contributed by atoms with Crippen LogP contribution in [-0.4, -0.2) is 37.9 Å². The molecule has 3 rings (SSSR count). The van der Waals surface area contributed by atoms with Crippen molar-refractivity contribution in [3.05, 3.63) is 59.6 Å². The van der Waals surface area contributed by atoms with Crippen molar-refractivity contribution < 1.29 is 22.7 Å². The second-order valence-corrected chi connectivity index (χ2v) is 6.24. The van der Waals surface area contributed by atoms with E-state index < -0.39 is 37.3 Å². The number of aryl methyl sites for hydroxylation is 1. The van der Waals surface area contributed by atoms with Crippen LogP contribution in [0.2, 0.25) is 0 Å². The Labute approximate surface area is 163 Å². The lowest BCUT2D eigenvalue weighted by Crippen LogP contribution is -2.18. The van der Waals surface area contributed by atoms with E-state index >= 15 is 0 Å². The predicted molar refractivity (Wildman–Crippen MR) is 98.1 cm³/mol. The summed E-state index contributed by atoms with van der Waals surface area (Å²) in [5, 5.41) is 19.1. The Morgan fingerprint density at radius 1 is 1.21 bits per heavy atom. The minimum Gasteiger partial charge on any atom is -0.394 e. The molecule has 0 aliphatic rings. The molecule has 0 aliphatic carbocycles. The van der Waals surface area contributed by atoms with Gasteiger partial charge in [0.15, 0.2) is 0 Å². The molecule has 11 heteroatoms. The maximum Gasteiger partial charge on any atom is 0.257 e. The minimum atomic E-state index is -2.53. The highest BCUT2D eigenvalue weighted by atomic mass is 19.3. The lowest BCUT2D eigenvalue weighted by Gasteiger charge is -2.19. The largest absolute Gasteiger partial charge is 0.394 e. The van der Waals surface area contributed by atoms with Crippen molar-refractivity contribution in [1.29, 1.82) is 0 Å². The van der Waals surface area contributed by atoms with Crippen LogP contribution in [0.15, 0.2) is 36.8 Å². The van der Waals surface area contributed by atoms with Crippen LogP contribution in [0.3, 0.4) is 0 Å². The zero-order valence-corrected chi connectivity index (χ0v) is 15.3. The van der Waals surface area contributed by atoms with Crippen LogP contribution in [-0.2, 0) is 6.54 Å². The Morgan fingerprint density at radius 3 is 2.72 bits per heavy atom. The molecule has 2 aromatic heterocycles. The Bertz CT molecular complexity index is 981. The molecule has 0 radical (unpaired) electrons. The van der Waals surface area contributed by atoms with Crippen molar-refractivity contribution in [2.45, 2.75) is 25.9 Å². The van der Waals surface area contributed by atoms with Crippen LogP contribution in [0.5, 0.6) is 0 Å². The summed E-state index contributed by atoms with van der Waals surface area (Å²) in [6.45, 7) is 0.650. The maximum atomic E-state index is 14.0. The molecule has 154 valence electrons. The summed E-state index contributed by atoms with van der Waals surface area (Å²) in [6.07, 6.45) is 1.67. The third-order valence-corrected chi connectivity index (χ3v) is 4.01. The molecule has 0 saturated carbocycles. The number of aliphatic hydroxyl groups is 1. The van der Waals surface area contributed by atoms with Crippen molar-refractivity contribution in [3.8, 4) is 0 Å². The first kappa shape index (κ1) is 20.5. The number of anilines is 3. The summed E-state index contributed by atoms with van der Waals surface area (Å²) < 4.78 is 53.4. The second-order valence-electron chi connectivity index (χ2n) is 6.24. The highest BCUT2D eigenvalue weighted by molar-refractivity contribution is 5.55. The number of alkyl halides is 2. The van der Waals surface area contributed by atoms with Gasteiger partial charge in [0.25, 0.3) is 6.43 Å². The van der Waals surface area contributed by atoms with Crippen LogP contribution in [0.1, 0.15) is 17.2 Å². The number of hydrogen-bond acceptors (Lipinski definition) is 6. The summed E-state index contributed by atoms with van der Waals surface area (Å²) >= 11 is 0. The normalized spacial score (nSPS) is 12.2. The fraction of sp³-hybridized carbons (Fsp3) is 0.278. The van der Waals surface area contributed by atoms with E-state index in [4.69, 9.17) is 0 Å². The summed E-state index contributed by atoms with van der Waals surface area (Å²) in [5.74, 6) is -0.894. The smallest absolute Gasteiger partial charge is 0.257 e. The average Bonchev–Trinajstić information content (AvgIpc) is 3.10. The van der Waals surface area contributed by atoms with Gasteiger partial charge in [0.1, 0.15) is 24.0 Å². The van der Waals surface area contributed by atoms with E-state index in [1.54, 1.807) is 6.92 Å². The highest BCUT2D eigenvalue weighted by Gasteiger charge is 2.18. The number of rotatable bonds is 8. The Balaban J connectivity index is 1.79. The quantitative estimate of drug-likeness (QED) is 0.494. The molecule has 0 bridgehead atoms. The van der Waals surface area contributed by atoms with E-state index in [1.165, 1.54) is 18.6 Å². The van der Waals surface area contributed by atoms with Gasteiger partial charge < -0.3 is 15.7 Å². The van der Waals surface area contributed by atoms with E-state index in [9.17, 15) is 22.7 Å². The van der Waals surface area contributed by atoms with Gasteiger partial charge in [-0.3, -0.25) is 4.68 Å². The monoisotopic (exact) mass is 410 g/mol. The topological polar surface area (TPSA) is 87.9 Å². The molecule has 0 fully saturated rings. The zero-order valence-electron chi connectivity index (χ0n) is 15.3. The van der Waals surface area contributed by atoms with Gasteiger partial charge in [-0.1, -0.05) is 0 Å². The summed E-state index contributed by atoms with van der Waals surface area (Å²) in [6, 6.07) is 2.02. The summed E-state index contributed by atoms with van der Waals surface area (Å²) in [5.41, 5.74) is 0.947. The highest BCUT2D eigenvalue weighted by Crippen LogP contribution is 2.24. The van der Waals surface area contributed by atoms with Crippen LogP contribution < -0.4 is 10.6 Å². The van der Waals surface area contributed by atoms with Gasteiger partial charge in [-0.15, -0.1) is 0 Å². The third kappa shape index (κ3) is 5.19. The molecular weight excluding hydrogens is 392 g/mol. The molecule has 1 atom stereocenters. The van der Waals surface area contributed by atoms with Gasteiger partial charge in [0, 0.05) is 23.5 Å². The summed E-state index contributed by atoms with van der Waals surface area (Å²) in [7, 11) is 0. The number of benzene rings is 1. The predicted octanol–water partition coefficient (Wildman–Crippen LogP) is 3.41. The van der Waals surface area contributed by atoms with Crippen LogP contribution in [0.25, 0.3) is 0 Å². The first-order chi connectivity index (χ1) is 13.9. The van der Waals surface area contributed by atoms with E-state index in [1.807, 2.05) is 0 Å². The molecule has 7 nitrogen and oxygen atoms in total. The van der Waals surface area contributed by atoms with Crippen molar-refractivity contribution in [2.75, 3.05) is 17.2 Å². The molecule has 2 heterocycles. The molecule has 0 spiro atoms. The number of aliphatic hydroxyl groups excluding tert-OH is 1. The molecule has 0 amide bonds. The van der Waals surface area contributed by atoms with Crippen molar-refractivity contribution >= 4 is 17.5 Å². The first-order valence-electron chi connectivity index (χ1n) is 8.59. The second kappa shape index (κ2) is 8.86. The summed E-state index contributed by atoms with van der Waals surface area (Å²) in [4.78, 5) is 8.36. The van der Waals surface area contributed by atoms with Gasteiger partial charge in [-0.25, -0.2) is 22.5 Å². The lowest BCUT2D eigenvalue weighted by atomic mass is 10.1. The van der Waals surface area contributed by atoms with Crippen LogP contribution >= 0.6 is 0 Å². The Morgan fingerprint density at radius 2 is 2.00 bits per heavy atom. The number of halogens is 4. The Hall–Kier alpha value is -3.21. The van der Waals surface area contributed by atoms with Crippen molar-refractivity contribution in [3.63, 3.8) is 0 Å². The third-order valence-electron chi connectivity index (χ3n) is 4.01. The van der Waals surface area contributed by atoms with Crippen LogP contribution in [0.4, 0.5) is 35.0 Å². The van der Waals surface area contributed by atoms with Gasteiger partial charge >= 0.3 is 0 Å². The van der Waals surface area contributed by atoms with E-state index in [0.29, 0.717) is 11.3 Å². The number of nitrogens with zero attached hydrogens (tertiary/aromatic N) is 4. The fourth-order valence-electron chi connectivity index (χ4n) is 2.62. The molecule has 29 heavy (non-hydrogen) atoms. The number of hydrogen-bond donors (Lipinski definition) is 3. The molecule has 0 saturated heterocycles. The molecule has 3 N–H and O–H groups in total. The molecule has 3 aromatic rings. The van der Waals surface area contributed by atoms with Crippen LogP contribution in [0, 0.1) is 18.6 Å². The van der Waals surface area contributed by atoms with E-state index in [-0.39, 0.29) is 17.3 Å². The molecule has 0 aliphatic heterocycles. The molecular formula is C18H18F4N6O. The molecule has 1 aromatic carbocycles.